The molecular weight excluding hydrogens is 233 g/mol. The second-order valence-electron chi connectivity index (χ2n) is 3.98. The lowest BCUT2D eigenvalue weighted by Gasteiger charge is -2.16. The highest BCUT2D eigenvalue weighted by atomic mass is 32.2. The summed E-state index contributed by atoms with van der Waals surface area (Å²) in [5, 5.41) is 5.64. The molecule has 0 aliphatic rings. The summed E-state index contributed by atoms with van der Waals surface area (Å²) < 4.78 is 35.6. The summed E-state index contributed by atoms with van der Waals surface area (Å²) in [5.41, 5.74) is 4.86. The first-order valence-corrected chi connectivity index (χ1v) is 7.36. The summed E-state index contributed by atoms with van der Waals surface area (Å²) in [4.78, 5) is 0. The van der Waals surface area contributed by atoms with Gasteiger partial charge in [-0.1, -0.05) is 39.0 Å². The average molecular weight is 255 g/mol. The molecule has 0 saturated carbocycles. The van der Waals surface area contributed by atoms with Gasteiger partial charge in [-0.05, 0) is 6.42 Å². The predicted octanol–water partition coefficient (Wildman–Crippen LogP) is 1.34. The van der Waals surface area contributed by atoms with E-state index in [1.165, 1.54) is 0 Å². The van der Waals surface area contributed by atoms with Crippen molar-refractivity contribution >= 4 is 9.84 Å². The fourth-order valence-electron chi connectivity index (χ4n) is 1.36. The van der Waals surface area contributed by atoms with E-state index in [9.17, 15) is 12.8 Å². The minimum atomic E-state index is -4.14. The van der Waals surface area contributed by atoms with Crippen molar-refractivity contribution in [1.29, 1.82) is 0 Å². The molecule has 0 rings (SSSR count). The third kappa shape index (κ3) is 5.23. The van der Waals surface area contributed by atoms with Crippen LogP contribution < -0.4 is 5.73 Å². The molecule has 0 spiro atoms. The van der Waals surface area contributed by atoms with Crippen molar-refractivity contribution in [3.8, 4) is 0 Å². The topological polar surface area (TPSA) is 80.4 Å². The summed E-state index contributed by atoms with van der Waals surface area (Å²) in [6.07, 6.45) is 5.36. The minimum Gasteiger partial charge on any atom is -0.349 e. The molecule has 4 nitrogen and oxygen atoms in total. The van der Waals surface area contributed by atoms with Crippen LogP contribution in [0.2, 0.25) is 0 Å². The number of sulfone groups is 1. The molecule has 0 radical (unpaired) electrons. The zero-order valence-electron chi connectivity index (χ0n) is 9.78. The molecule has 1 atom stereocenters. The molecule has 16 heavy (non-hydrogen) atoms. The molecule has 1 unspecified atom stereocenters. The summed E-state index contributed by atoms with van der Waals surface area (Å²) in [6, 6.07) is 0. The van der Waals surface area contributed by atoms with Gasteiger partial charge in [0.25, 0.3) is 0 Å². The number of unbranched alkanes of at least 4 members (excludes halogenated alkanes) is 5. The van der Waals surface area contributed by atoms with Crippen LogP contribution in [0.25, 0.3) is 0 Å². The molecule has 0 saturated heterocycles. The molecule has 0 amide bonds. The molecule has 0 aromatic carbocycles. The van der Waals surface area contributed by atoms with E-state index >= 15 is 0 Å². The Balaban J connectivity index is 3.84. The highest BCUT2D eigenvalue weighted by molar-refractivity contribution is 7.92. The van der Waals surface area contributed by atoms with E-state index in [1.54, 1.807) is 0 Å². The Morgan fingerprint density at radius 3 is 2.19 bits per heavy atom. The van der Waals surface area contributed by atoms with Crippen LogP contribution in [-0.2, 0) is 9.84 Å². The van der Waals surface area contributed by atoms with Crippen molar-refractivity contribution < 1.29 is 17.9 Å². The fourth-order valence-corrected chi connectivity index (χ4v) is 2.51. The Hall–Kier alpha value is -0.200. The van der Waals surface area contributed by atoms with E-state index in [4.69, 9.17) is 10.8 Å². The highest BCUT2D eigenvalue weighted by Crippen LogP contribution is 2.17. The largest absolute Gasteiger partial charge is 0.349 e. The van der Waals surface area contributed by atoms with Crippen LogP contribution in [0.15, 0.2) is 0 Å². The number of hydrogen-bond acceptors (Lipinski definition) is 4. The minimum absolute atomic E-state index is 0.344. The zero-order valence-corrected chi connectivity index (χ0v) is 10.6. The maximum atomic E-state index is 13.1. The monoisotopic (exact) mass is 255 g/mol. The fraction of sp³-hybridized carbons (Fsp3) is 1.00. The van der Waals surface area contributed by atoms with Crippen molar-refractivity contribution in [3.63, 3.8) is 0 Å². The zero-order chi connectivity index (χ0) is 12.7. The maximum absolute atomic E-state index is 13.1. The second-order valence-corrected chi connectivity index (χ2v) is 6.24. The molecule has 3 N–H and O–H groups in total. The standard InChI is InChI=1S/C10H22FNO3S/c1-2-3-4-5-6-7-8-16(14,15)10(11,13)9-12/h13H,2-9,12H2,1H3. The van der Waals surface area contributed by atoms with Crippen molar-refractivity contribution in [3.05, 3.63) is 0 Å². The summed E-state index contributed by atoms with van der Waals surface area (Å²) >= 11 is 0. The second kappa shape index (κ2) is 7.19. The van der Waals surface area contributed by atoms with Gasteiger partial charge >= 0.3 is 5.19 Å². The van der Waals surface area contributed by atoms with Crippen LogP contribution in [0, 0.1) is 0 Å². The molecule has 0 fully saturated rings. The van der Waals surface area contributed by atoms with Gasteiger partial charge in [0, 0.05) is 0 Å². The first kappa shape index (κ1) is 15.8. The Kier molecular flexibility index (Phi) is 7.10. The smallest absolute Gasteiger partial charge is 0.320 e. The quantitative estimate of drug-likeness (QED) is 0.609. The Morgan fingerprint density at radius 1 is 1.19 bits per heavy atom. The van der Waals surface area contributed by atoms with Gasteiger partial charge in [-0.15, -0.1) is 0 Å². The first-order chi connectivity index (χ1) is 7.37. The van der Waals surface area contributed by atoms with Crippen LogP contribution in [0.1, 0.15) is 45.4 Å². The predicted molar refractivity (Wildman–Crippen MR) is 62.3 cm³/mol. The molecule has 0 aliphatic heterocycles. The van der Waals surface area contributed by atoms with Gasteiger partial charge < -0.3 is 10.8 Å². The van der Waals surface area contributed by atoms with E-state index in [2.05, 4.69) is 6.92 Å². The SMILES string of the molecule is CCCCCCCCS(=O)(=O)C(O)(F)CN. The molecule has 98 valence electrons. The highest BCUT2D eigenvalue weighted by Gasteiger charge is 2.39. The van der Waals surface area contributed by atoms with Gasteiger partial charge in [0.05, 0.1) is 12.3 Å². The molecular formula is C10H22FNO3S. The Bertz CT molecular complexity index is 278. The van der Waals surface area contributed by atoms with Gasteiger partial charge in [-0.2, -0.15) is 4.39 Å². The van der Waals surface area contributed by atoms with E-state index in [1.807, 2.05) is 0 Å². The van der Waals surface area contributed by atoms with E-state index < -0.39 is 21.6 Å². The lowest BCUT2D eigenvalue weighted by molar-refractivity contribution is 0.00219. The molecule has 6 heteroatoms. The summed E-state index contributed by atoms with van der Waals surface area (Å²) in [5.74, 6) is -0.344. The van der Waals surface area contributed by atoms with Crippen LogP contribution in [0.4, 0.5) is 4.39 Å². The van der Waals surface area contributed by atoms with Gasteiger partial charge in [0.2, 0.25) is 9.84 Å². The van der Waals surface area contributed by atoms with Gasteiger partial charge in [0.15, 0.2) is 0 Å². The van der Waals surface area contributed by atoms with E-state index in [0.717, 1.165) is 32.1 Å². The van der Waals surface area contributed by atoms with Crippen molar-refractivity contribution in [2.24, 2.45) is 5.73 Å². The molecule has 0 bridgehead atoms. The van der Waals surface area contributed by atoms with Crippen LogP contribution in [0.3, 0.4) is 0 Å². The third-order valence-electron chi connectivity index (χ3n) is 2.49. The number of alkyl halides is 1. The normalized spacial score (nSPS) is 16.0. The van der Waals surface area contributed by atoms with Crippen LogP contribution >= 0.6 is 0 Å². The number of rotatable bonds is 9. The number of aliphatic hydroxyl groups is 1. The first-order valence-electron chi connectivity index (χ1n) is 5.71. The number of nitrogens with two attached hydrogens (primary N) is 1. The van der Waals surface area contributed by atoms with Gasteiger partial charge in [0.1, 0.15) is 0 Å². The molecule has 0 aromatic heterocycles. The Morgan fingerprint density at radius 2 is 1.69 bits per heavy atom. The molecule has 0 heterocycles. The van der Waals surface area contributed by atoms with E-state index in [-0.39, 0.29) is 5.75 Å². The number of hydrogen-bond donors (Lipinski definition) is 2. The van der Waals surface area contributed by atoms with Crippen LogP contribution in [-0.4, -0.2) is 31.0 Å². The summed E-state index contributed by atoms with van der Waals surface area (Å²) in [6.45, 7) is 1.18. The van der Waals surface area contributed by atoms with Gasteiger partial charge in [-0.3, -0.25) is 0 Å². The third-order valence-corrected chi connectivity index (χ3v) is 4.44. The van der Waals surface area contributed by atoms with Crippen molar-refractivity contribution in [1.82, 2.24) is 0 Å². The number of halogens is 1. The lowest BCUT2D eigenvalue weighted by atomic mass is 10.1. The van der Waals surface area contributed by atoms with Crippen LogP contribution in [0.5, 0.6) is 0 Å². The lowest BCUT2D eigenvalue weighted by Crippen LogP contribution is -2.42. The molecule has 0 aliphatic carbocycles. The van der Waals surface area contributed by atoms with Crippen molar-refractivity contribution in [2.45, 2.75) is 50.6 Å². The van der Waals surface area contributed by atoms with E-state index in [0.29, 0.717) is 6.42 Å². The molecule has 0 aromatic rings. The summed E-state index contributed by atoms with van der Waals surface area (Å²) in [7, 11) is -4.14. The van der Waals surface area contributed by atoms with Crippen molar-refractivity contribution in [2.75, 3.05) is 12.3 Å². The average Bonchev–Trinajstić information content (AvgIpc) is 2.23. The maximum Gasteiger partial charge on any atom is 0.320 e. The Labute approximate surface area is 96.9 Å². The van der Waals surface area contributed by atoms with Gasteiger partial charge in [-0.25, -0.2) is 8.42 Å².